The fraction of sp³-hybridized carbons (Fsp3) is 0.0769. The van der Waals surface area contributed by atoms with Gasteiger partial charge in [-0.05, 0) is 52.3 Å². The number of phenolic OH excluding ortho intramolecular Hbond substituents is 1. The first-order valence-electron chi connectivity index (χ1n) is 5.22. The van der Waals surface area contributed by atoms with Crippen molar-refractivity contribution < 1.29 is 9.50 Å². The summed E-state index contributed by atoms with van der Waals surface area (Å²) in [5, 5.41) is 13.2. The number of aromatic hydroxyl groups is 1. The van der Waals surface area contributed by atoms with Crippen molar-refractivity contribution in [1.29, 1.82) is 0 Å². The summed E-state index contributed by atoms with van der Waals surface area (Å²) in [7, 11) is 0. The van der Waals surface area contributed by atoms with Gasteiger partial charge in [0.15, 0.2) is 0 Å². The predicted molar refractivity (Wildman–Crippen MR) is 74.5 cm³/mol. The van der Waals surface area contributed by atoms with E-state index in [1.165, 1.54) is 12.1 Å². The summed E-state index contributed by atoms with van der Waals surface area (Å²) < 4.78 is 13.7. The summed E-state index contributed by atoms with van der Waals surface area (Å²) in [6, 6.07) is 9.55. The van der Waals surface area contributed by atoms with Gasteiger partial charge >= 0.3 is 0 Å². The Bertz CT molecular complexity index is 577. The average molecular weight is 331 g/mol. The van der Waals surface area contributed by atoms with Gasteiger partial charge in [0.1, 0.15) is 11.6 Å². The monoisotopic (exact) mass is 329 g/mol. The van der Waals surface area contributed by atoms with Crippen LogP contribution < -0.4 is 5.32 Å². The van der Waals surface area contributed by atoms with Gasteiger partial charge in [0.05, 0.1) is 4.47 Å². The van der Waals surface area contributed by atoms with Gasteiger partial charge in [-0.3, -0.25) is 0 Å². The molecule has 0 saturated carbocycles. The van der Waals surface area contributed by atoms with Gasteiger partial charge in [-0.1, -0.05) is 11.6 Å². The second-order valence-corrected chi connectivity index (χ2v) is 5.05. The Kier molecular flexibility index (Phi) is 4.09. The van der Waals surface area contributed by atoms with E-state index >= 15 is 0 Å². The van der Waals surface area contributed by atoms with Crippen molar-refractivity contribution in [2.75, 3.05) is 5.32 Å². The van der Waals surface area contributed by atoms with Crippen LogP contribution in [0.3, 0.4) is 0 Å². The van der Waals surface area contributed by atoms with E-state index < -0.39 is 0 Å². The quantitative estimate of drug-likeness (QED) is 0.864. The minimum absolute atomic E-state index is 0.157. The van der Waals surface area contributed by atoms with Crippen LogP contribution in [0.1, 0.15) is 5.56 Å². The lowest BCUT2D eigenvalue weighted by atomic mass is 10.2. The van der Waals surface area contributed by atoms with Crippen LogP contribution in [0.15, 0.2) is 40.9 Å². The molecule has 2 nitrogen and oxygen atoms in total. The normalized spacial score (nSPS) is 10.4. The van der Waals surface area contributed by atoms with Crippen molar-refractivity contribution in [2.45, 2.75) is 6.54 Å². The summed E-state index contributed by atoms with van der Waals surface area (Å²) in [4.78, 5) is 0. The van der Waals surface area contributed by atoms with Gasteiger partial charge in [-0.25, -0.2) is 4.39 Å². The van der Waals surface area contributed by atoms with E-state index in [0.29, 0.717) is 27.3 Å². The highest BCUT2D eigenvalue weighted by atomic mass is 79.9. The first-order chi connectivity index (χ1) is 8.56. The molecule has 5 heteroatoms. The van der Waals surface area contributed by atoms with Gasteiger partial charge < -0.3 is 10.4 Å². The molecule has 94 valence electrons. The van der Waals surface area contributed by atoms with E-state index in [9.17, 15) is 9.50 Å². The van der Waals surface area contributed by atoms with E-state index in [4.69, 9.17) is 11.6 Å². The lowest BCUT2D eigenvalue weighted by molar-refractivity contribution is 0.469. The molecule has 0 fully saturated rings. The summed E-state index contributed by atoms with van der Waals surface area (Å²) >= 11 is 8.93. The molecule has 18 heavy (non-hydrogen) atoms. The van der Waals surface area contributed by atoms with Crippen molar-refractivity contribution in [1.82, 2.24) is 0 Å². The molecule has 0 unspecified atom stereocenters. The molecule has 2 aromatic rings. The first kappa shape index (κ1) is 13.2. The third-order valence-electron chi connectivity index (χ3n) is 2.44. The van der Waals surface area contributed by atoms with Crippen LogP contribution >= 0.6 is 27.5 Å². The van der Waals surface area contributed by atoms with Crippen LogP contribution in [0.2, 0.25) is 5.02 Å². The average Bonchev–Trinajstić information content (AvgIpc) is 2.34. The van der Waals surface area contributed by atoms with Crippen molar-refractivity contribution >= 4 is 33.2 Å². The molecule has 2 rings (SSSR count). The number of halogens is 3. The zero-order chi connectivity index (χ0) is 13.1. The second-order valence-electron chi connectivity index (χ2n) is 3.76. The highest BCUT2D eigenvalue weighted by Crippen LogP contribution is 2.24. The fourth-order valence-corrected chi connectivity index (χ4v) is 1.94. The van der Waals surface area contributed by atoms with Gasteiger partial charge in [0, 0.05) is 22.8 Å². The number of nitrogens with one attached hydrogen (secondary N) is 1. The van der Waals surface area contributed by atoms with Gasteiger partial charge in [-0.2, -0.15) is 0 Å². The van der Waals surface area contributed by atoms with Gasteiger partial charge in [0.2, 0.25) is 0 Å². The molecule has 2 aromatic carbocycles. The zero-order valence-electron chi connectivity index (χ0n) is 9.25. The number of hydrogen-bond donors (Lipinski definition) is 2. The maximum atomic E-state index is 13.3. The molecule has 0 atom stereocenters. The van der Waals surface area contributed by atoms with E-state index in [1.54, 1.807) is 24.3 Å². The molecule has 0 spiro atoms. The van der Waals surface area contributed by atoms with Crippen molar-refractivity contribution in [3.8, 4) is 5.75 Å². The van der Waals surface area contributed by atoms with E-state index in [2.05, 4.69) is 21.2 Å². The third-order valence-corrected chi connectivity index (χ3v) is 3.32. The Hall–Kier alpha value is -1.26. The molecule has 0 heterocycles. The number of anilines is 1. The molecule has 0 aliphatic carbocycles. The maximum absolute atomic E-state index is 13.3. The van der Waals surface area contributed by atoms with Crippen LogP contribution in [0.4, 0.5) is 10.1 Å². The fourth-order valence-electron chi connectivity index (χ4n) is 1.50. The molecule has 0 aliphatic rings. The minimum atomic E-state index is -0.338. The molecule has 0 aliphatic heterocycles. The Morgan fingerprint density at radius 3 is 2.72 bits per heavy atom. The van der Waals surface area contributed by atoms with Crippen LogP contribution in [-0.4, -0.2) is 5.11 Å². The maximum Gasteiger partial charge on any atom is 0.139 e. The van der Waals surface area contributed by atoms with Crippen LogP contribution in [0.5, 0.6) is 5.75 Å². The van der Waals surface area contributed by atoms with Crippen molar-refractivity contribution in [3.63, 3.8) is 0 Å². The number of phenols is 1. The summed E-state index contributed by atoms with van der Waals surface area (Å²) in [6.07, 6.45) is 0. The molecular formula is C13H10BrClFNO. The van der Waals surface area contributed by atoms with E-state index in [1.807, 2.05) is 0 Å². The van der Waals surface area contributed by atoms with Crippen molar-refractivity contribution in [2.24, 2.45) is 0 Å². The topological polar surface area (TPSA) is 32.3 Å². The first-order valence-corrected chi connectivity index (χ1v) is 6.39. The number of rotatable bonds is 3. The molecule has 0 radical (unpaired) electrons. The molecular weight excluding hydrogens is 321 g/mol. The van der Waals surface area contributed by atoms with Crippen molar-refractivity contribution in [3.05, 3.63) is 57.3 Å². The van der Waals surface area contributed by atoms with Crippen LogP contribution in [0, 0.1) is 5.82 Å². The molecule has 0 bridgehead atoms. The Morgan fingerprint density at radius 2 is 2.00 bits per heavy atom. The molecule has 0 amide bonds. The molecule has 2 N–H and O–H groups in total. The lowest BCUT2D eigenvalue weighted by Gasteiger charge is -2.09. The zero-order valence-corrected chi connectivity index (χ0v) is 11.6. The second kappa shape index (κ2) is 5.59. The Morgan fingerprint density at radius 1 is 1.22 bits per heavy atom. The van der Waals surface area contributed by atoms with Gasteiger partial charge in [-0.15, -0.1) is 0 Å². The smallest absolute Gasteiger partial charge is 0.139 e. The summed E-state index contributed by atoms with van der Waals surface area (Å²) in [6.45, 7) is 0.369. The predicted octanol–water partition coefficient (Wildman–Crippen LogP) is 4.56. The number of benzene rings is 2. The third kappa shape index (κ3) is 3.15. The van der Waals surface area contributed by atoms with Crippen LogP contribution in [-0.2, 0) is 6.54 Å². The largest absolute Gasteiger partial charge is 0.508 e. The SMILES string of the molecule is Oc1ccc(Cl)cc1CNc1ccc(Br)c(F)c1. The Balaban J connectivity index is 2.11. The van der Waals surface area contributed by atoms with Crippen LogP contribution in [0.25, 0.3) is 0 Å². The standard InChI is InChI=1S/C13H10BrClFNO/c14-11-3-2-10(6-12(11)16)17-7-8-5-9(15)1-4-13(8)18/h1-6,17-18H,7H2. The minimum Gasteiger partial charge on any atom is -0.508 e. The summed E-state index contributed by atoms with van der Waals surface area (Å²) in [5.41, 5.74) is 1.29. The highest BCUT2D eigenvalue weighted by molar-refractivity contribution is 9.10. The highest BCUT2D eigenvalue weighted by Gasteiger charge is 2.04. The Labute approximate surface area is 118 Å². The van der Waals surface area contributed by atoms with E-state index in [-0.39, 0.29) is 11.6 Å². The number of hydrogen-bond acceptors (Lipinski definition) is 2. The van der Waals surface area contributed by atoms with Gasteiger partial charge in [0.25, 0.3) is 0 Å². The molecule has 0 aromatic heterocycles. The summed E-state index contributed by atoms with van der Waals surface area (Å²) in [5.74, 6) is -0.181. The molecule has 0 saturated heterocycles. The van der Waals surface area contributed by atoms with E-state index in [0.717, 1.165) is 0 Å². The lowest BCUT2D eigenvalue weighted by Crippen LogP contribution is -2.00.